The lowest BCUT2D eigenvalue weighted by Gasteiger charge is -2.27. The van der Waals surface area contributed by atoms with E-state index >= 15 is 0 Å². The van der Waals surface area contributed by atoms with E-state index in [4.69, 9.17) is 9.72 Å². The van der Waals surface area contributed by atoms with E-state index < -0.39 is 0 Å². The third kappa shape index (κ3) is 4.97. The van der Waals surface area contributed by atoms with Crippen molar-refractivity contribution in [3.63, 3.8) is 0 Å². The Bertz CT molecular complexity index is 1100. The Kier molecular flexibility index (Phi) is 6.87. The number of para-hydroxylation sites is 1. The van der Waals surface area contributed by atoms with Crippen LogP contribution in [0.5, 0.6) is 5.75 Å². The molecule has 1 aliphatic rings. The molecule has 7 nitrogen and oxygen atoms in total. The molecule has 0 unspecified atom stereocenters. The number of likely N-dealkylation sites (tertiary alicyclic amines) is 1. The molecular formula is C26H31N5O2. The Morgan fingerprint density at radius 3 is 2.67 bits per heavy atom. The number of rotatable bonds is 7. The van der Waals surface area contributed by atoms with Crippen LogP contribution in [0, 0.1) is 0 Å². The smallest absolute Gasteiger partial charge is 0.261 e. The van der Waals surface area contributed by atoms with Crippen LogP contribution in [0.4, 0.5) is 5.95 Å². The molecule has 0 bridgehead atoms. The third-order valence-electron chi connectivity index (χ3n) is 5.98. The maximum Gasteiger partial charge on any atom is 0.261 e. The largest absolute Gasteiger partial charge is 0.483 e. The van der Waals surface area contributed by atoms with Crippen molar-refractivity contribution in [2.75, 3.05) is 32.1 Å². The highest BCUT2D eigenvalue weighted by atomic mass is 16.5. The lowest BCUT2D eigenvalue weighted by atomic mass is 10.0. The zero-order valence-corrected chi connectivity index (χ0v) is 19.7. The van der Waals surface area contributed by atoms with Crippen LogP contribution in [-0.4, -0.2) is 53.0 Å². The van der Waals surface area contributed by atoms with Crippen LogP contribution < -0.4 is 9.64 Å². The molecule has 7 heteroatoms. The highest BCUT2D eigenvalue weighted by molar-refractivity contribution is 5.79. The number of nitrogens with zero attached hydrogens (tertiary/aromatic N) is 5. The standard InChI is InChI=1S/C26H31N5O2/c1-18(2)20-8-5-6-10-23(20)33-17-24(32)31-15-7-9-22(31)25-21(19-11-13-27-14-12-19)16-28-26(29-25)30(3)4/h5-6,8,10-14,16,18,22H,7,9,15,17H2,1-4H3/t22-/m1/s1. The molecule has 0 saturated carbocycles. The number of amides is 1. The Labute approximate surface area is 195 Å². The van der Waals surface area contributed by atoms with Crippen molar-refractivity contribution in [2.45, 2.75) is 38.6 Å². The van der Waals surface area contributed by atoms with E-state index in [2.05, 4.69) is 23.8 Å². The van der Waals surface area contributed by atoms with Crippen LogP contribution in [0.3, 0.4) is 0 Å². The van der Waals surface area contributed by atoms with Gasteiger partial charge in [0.15, 0.2) is 6.61 Å². The summed E-state index contributed by atoms with van der Waals surface area (Å²) in [5.74, 6) is 1.70. The molecule has 0 N–H and O–H groups in total. The highest BCUT2D eigenvalue weighted by Crippen LogP contribution is 2.37. The van der Waals surface area contributed by atoms with E-state index in [0.717, 1.165) is 41.0 Å². The number of anilines is 1. The molecule has 1 atom stereocenters. The number of pyridine rings is 1. The number of benzene rings is 1. The highest BCUT2D eigenvalue weighted by Gasteiger charge is 2.33. The molecule has 1 fully saturated rings. The second-order valence-corrected chi connectivity index (χ2v) is 8.83. The lowest BCUT2D eigenvalue weighted by molar-refractivity contribution is -0.134. The quantitative estimate of drug-likeness (QED) is 0.534. The second-order valence-electron chi connectivity index (χ2n) is 8.83. The van der Waals surface area contributed by atoms with Gasteiger partial charge in [0, 0.05) is 44.8 Å². The number of ether oxygens (including phenoxy) is 1. The van der Waals surface area contributed by atoms with Crippen molar-refractivity contribution in [1.29, 1.82) is 0 Å². The van der Waals surface area contributed by atoms with Crippen molar-refractivity contribution < 1.29 is 9.53 Å². The zero-order chi connectivity index (χ0) is 23.4. The molecule has 0 spiro atoms. The molecule has 0 aliphatic carbocycles. The van der Waals surface area contributed by atoms with Crippen LogP contribution in [0.1, 0.15) is 49.9 Å². The topological polar surface area (TPSA) is 71.5 Å². The summed E-state index contributed by atoms with van der Waals surface area (Å²) >= 11 is 0. The van der Waals surface area contributed by atoms with Gasteiger partial charge in [0.25, 0.3) is 5.91 Å². The summed E-state index contributed by atoms with van der Waals surface area (Å²) in [5, 5.41) is 0. The predicted molar refractivity (Wildman–Crippen MR) is 129 cm³/mol. The summed E-state index contributed by atoms with van der Waals surface area (Å²) in [6, 6.07) is 11.7. The lowest BCUT2D eigenvalue weighted by Crippen LogP contribution is -2.35. The second kappa shape index (κ2) is 9.98. The van der Waals surface area contributed by atoms with Gasteiger partial charge in [0.2, 0.25) is 5.95 Å². The fraction of sp³-hybridized carbons (Fsp3) is 0.385. The summed E-state index contributed by atoms with van der Waals surface area (Å²) in [5.41, 5.74) is 3.90. The van der Waals surface area contributed by atoms with Crippen molar-refractivity contribution in [2.24, 2.45) is 0 Å². The van der Waals surface area contributed by atoms with Gasteiger partial charge in [-0.15, -0.1) is 0 Å². The van der Waals surface area contributed by atoms with Gasteiger partial charge in [-0.05, 0) is 48.1 Å². The van der Waals surface area contributed by atoms with Gasteiger partial charge in [-0.2, -0.15) is 0 Å². The first-order valence-corrected chi connectivity index (χ1v) is 11.4. The molecule has 3 heterocycles. The minimum atomic E-state index is -0.119. The summed E-state index contributed by atoms with van der Waals surface area (Å²) in [7, 11) is 3.84. The number of hydrogen-bond acceptors (Lipinski definition) is 6. The monoisotopic (exact) mass is 445 g/mol. The predicted octanol–water partition coefficient (Wildman–Crippen LogP) is 4.47. The number of aromatic nitrogens is 3. The maximum absolute atomic E-state index is 13.3. The van der Waals surface area contributed by atoms with Crippen molar-refractivity contribution in [1.82, 2.24) is 19.9 Å². The van der Waals surface area contributed by atoms with Gasteiger partial charge in [-0.1, -0.05) is 32.0 Å². The van der Waals surface area contributed by atoms with Crippen LogP contribution in [0.25, 0.3) is 11.1 Å². The average molecular weight is 446 g/mol. The van der Waals surface area contributed by atoms with Gasteiger partial charge in [-0.3, -0.25) is 9.78 Å². The first-order chi connectivity index (χ1) is 16.0. The Morgan fingerprint density at radius 2 is 1.94 bits per heavy atom. The molecule has 1 aromatic carbocycles. The Morgan fingerprint density at radius 1 is 1.18 bits per heavy atom. The van der Waals surface area contributed by atoms with E-state index in [1.807, 2.05) is 66.5 Å². The van der Waals surface area contributed by atoms with E-state index in [0.29, 0.717) is 18.4 Å². The Balaban J connectivity index is 1.60. The van der Waals surface area contributed by atoms with E-state index in [1.54, 1.807) is 12.4 Å². The van der Waals surface area contributed by atoms with Crippen LogP contribution in [0.2, 0.25) is 0 Å². The van der Waals surface area contributed by atoms with E-state index in [1.165, 1.54) is 0 Å². The van der Waals surface area contributed by atoms with Gasteiger partial charge in [0.05, 0.1) is 11.7 Å². The van der Waals surface area contributed by atoms with Crippen LogP contribution in [0.15, 0.2) is 55.0 Å². The van der Waals surface area contributed by atoms with Gasteiger partial charge >= 0.3 is 0 Å². The molecule has 3 aromatic rings. The molecule has 172 valence electrons. The molecule has 2 aromatic heterocycles. The SMILES string of the molecule is CC(C)c1ccccc1OCC(=O)N1CCC[C@@H]1c1nc(N(C)C)ncc1-c1ccncc1. The first-order valence-electron chi connectivity index (χ1n) is 11.4. The summed E-state index contributed by atoms with van der Waals surface area (Å²) in [4.78, 5) is 30.6. The molecule has 33 heavy (non-hydrogen) atoms. The van der Waals surface area contributed by atoms with Crippen molar-refractivity contribution in [3.05, 3.63) is 66.2 Å². The summed E-state index contributed by atoms with van der Waals surface area (Å²) in [6.45, 7) is 4.95. The molecule has 4 rings (SSSR count). The van der Waals surface area contributed by atoms with E-state index in [-0.39, 0.29) is 18.6 Å². The minimum Gasteiger partial charge on any atom is -0.483 e. The number of hydrogen-bond donors (Lipinski definition) is 0. The van der Waals surface area contributed by atoms with Crippen LogP contribution in [-0.2, 0) is 4.79 Å². The van der Waals surface area contributed by atoms with Crippen molar-refractivity contribution in [3.8, 4) is 16.9 Å². The molecule has 0 radical (unpaired) electrons. The maximum atomic E-state index is 13.3. The van der Waals surface area contributed by atoms with Gasteiger partial charge in [0.1, 0.15) is 5.75 Å². The van der Waals surface area contributed by atoms with Crippen LogP contribution >= 0.6 is 0 Å². The number of carbonyl (C=O) groups excluding carboxylic acids is 1. The Hall–Kier alpha value is -3.48. The number of carbonyl (C=O) groups is 1. The average Bonchev–Trinajstić information content (AvgIpc) is 3.33. The fourth-order valence-corrected chi connectivity index (χ4v) is 4.27. The summed E-state index contributed by atoms with van der Waals surface area (Å²) in [6.07, 6.45) is 7.16. The minimum absolute atomic E-state index is 0.0104. The first kappa shape index (κ1) is 22.7. The molecule has 1 aliphatic heterocycles. The zero-order valence-electron chi connectivity index (χ0n) is 19.7. The summed E-state index contributed by atoms with van der Waals surface area (Å²) < 4.78 is 5.99. The van der Waals surface area contributed by atoms with E-state index in [9.17, 15) is 4.79 Å². The fourth-order valence-electron chi connectivity index (χ4n) is 4.27. The molecule has 1 amide bonds. The van der Waals surface area contributed by atoms with Gasteiger partial charge in [-0.25, -0.2) is 9.97 Å². The molecule has 1 saturated heterocycles. The van der Waals surface area contributed by atoms with Crippen molar-refractivity contribution >= 4 is 11.9 Å². The van der Waals surface area contributed by atoms with Gasteiger partial charge < -0.3 is 14.5 Å². The normalized spacial score (nSPS) is 15.7. The third-order valence-corrected chi connectivity index (χ3v) is 5.98. The molecular weight excluding hydrogens is 414 g/mol.